The van der Waals surface area contributed by atoms with Crippen molar-refractivity contribution in [3.8, 4) is 11.4 Å². The first-order chi connectivity index (χ1) is 8.65. The Balaban J connectivity index is 1.89. The molecular weight excluding hydrogens is 240 g/mol. The largest absolute Gasteiger partial charge is 0.337 e. The van der Waals surface area contributed by atoms with E-state index in [1.807, 2.05) is 0 Å². The number of hydrogen-bond acceptors (Lipinski definition) is 4. The highest BCUT2D eigenvalue weighted by Gasteiger charge is 2.33. The van der Waals surface area contributed by atoms with Gasteiger partial charge < -0.3 is 10.3 Å². The van der Waals surface area contributed by atoms with Crippen molar-refractivity contribution in [2.75, 3.05) is 0 Å². The van der Waals surface area contributed by atoms with Crippen molar-refractivity contribution in [2.24, 2.45) is 11.7 Å². The Morgan fingerprint density at radius 1 is 1.28 bits per heavy atom. The Morgan fingerprint density at radius 3 is 2.72 bits per heavy atom. The number of nitrogens with two attached hydrogens (primary N) is 1. The van der Waals surface area contributed by atoms with Crippen LogP contribution in [0.3, 0.4) is 0 Å². The van der Waals surface area contributed by atoms with Crippen molar-refractivity contribution in [3.63, 3.8) is 0 Å². The summed E-state index contributed by atoms with van der Waals surface area (Å²) in [4.78, 5) is 4.12. The van der Waals surface area contributed by atoms with Crippen LogP contribution < -0.4 is 5.73 Å². The van der Waals surface area contributed by atoms with Gasteiger partial charge in [0.1, 0.15) is 0 Å². The van der Waals surface area contributed by atoms with Gasteiger partial charge in [-0.1, -0.05) is 5.16 Å². The maximum absolute atomic E-state index is 13.1. The van der Waals surface area contributed by atoms with Crippen molar-refractivity contribution >= 4 is 0 Å². The highest BCUT2D eigenvalue weighted by molar-refractivity contribution is 5.54. The fraction of sp³-hybridized carbons (Fsp3) is 0.333. The van der Waals surface area contributed by atoms with E-state index in [1.165, 1.54) is 6.07 Å². The van der Waals surface area contributed by atoms with Crippen molar-refractivity contribution in [1.82, 2.24) is 10.1 Å². The normalized spacial score (nSPS) is 16.8. The summed E-state index contributed by atoms with van der Waals surface area (Å²) < 4.78 is 30.9. The molecule has 0 bridgehead atoms. The molecule has 0 aliphatic heterocycles. The minimum absolute atomic E-state index is 0.222. The zero-order chi connectivity index (χ0) is 12.7. The van der Waals surface area contributed by atoms with Crippen LogP contribution in [-0.2, 0) is 0 Å². The van der Waals surface area contributed by atoms with Crippen molar-refractivity contribution in [2.45, 2.75) is 18.9 Å². The monoisotopic (exact) mass is 251 g/mol. The van der Waals surface area contributed by atoms with Crippen LogP contribution in [0.4, 0.5) is 8.78 Å². The van der Waals surface area contributed by atoms with E-state index < -0.39 is 11.6 Å². The lowest BCUT2D eigenvalue weighted by atomic mass is 10.2. The maximum Gasteiger partial charge on any atom is 0.244 e. The fourth-order valence-corrected chi connectivity index (χ4v) is 1.78. The van der Waals surface area contributed by atoms with Crippen LogP contribution in [0.25, 0.3) is 11.4 Å². The van der Waals surface area contributed by atoms with Crippen LogP contribution in [-0.4, -0.2) is 10.1 Å². The summed E-state index contributed by atoms with van der Waals surface area (Å²) in [6.07, 6.45) is 2.12. The molecular formula is C12H11F2N3O. The standard InChI is InChI=1S/C12H11F2N3O/c13-8-4-3-7(5-9(8)14)11-16-12(18-17-11)10(15)6-1-2-6/h3-6,10H,1-2,15H2. The number of benzene rings is 1. The molecule has 0 spiro atoms. The average molecular weight is 251 g/mol. The van der Waals surface area contributed by atoms with Gasteiger partial charge >= 0.3 is 0 Å². The molecule has 3 rings (SSSR count). The van der Waals surface area contributed by atoms with Crippen LogP contribution in [0.2, 0.25) is 0 Å². The Morgan fingerprint density at radius 2 is 2.06 bits per heavy atom. The Bertz CT molecular complexity index is 580. The van der Waals surface area contributed by atoms with Crippen LogP contribution in [0.15, 0.2) is 22.7 Å². The highest BCUT2D eigenvalue weighted by atomic mass is 19.2. The second-order valence-corrected chi connectivity index (χ2v) is 4.45. The third-order valence-corrected chi connectivity index (χ3v) is 3.03. The molecule has 0 radical (unpaired) electrons. The van der Waals surface area contributed by atoms with Crippen LogP contribution in [0, 0.1) is 17.6 Å². The van der Waals surface area contributed by atoms with Gasteiger partial charge in [-0.2, -0.15) is 4.98 Å². The van der Waals surface area contributed by atoms with Gasteiger partial charge in [0.15, 0.2) is 11.6 Å². The van der Waals surface area contributed by atoms with E-state index in [-0.39, 0.29) is 11.9 Å². The van der Waals surface area contributed by atoms with Crippen LogP contribution in [0.5, 0.6) is 0 Å². The minimum atomic E-state index is -0.939. The molecule has 1 aliphatic carbocycles. The number of aromatic nitrogens is 2. The van der Waals surface area contributed by atoms with E-state index in [4.69, 9.17) is 10.3 Å². The molecule has 1 fully saturated rings. The molecule has 94 valence electrons. The van der Waals surface area contributed by atoms with E-state index in [1.54, 1.807) is 0 Å². The molecule has 1 saturated carbocycles. The molecule has 6 heteroatoms. The Kier molecular flexibility index (Phi) is 2.59. The SMILES string of the molecule is NC(c1nc(-c2ccc(F)c(F)c2)no1)C1CC1. The number of rotatable bonds is 3. The molecule has 2 aromatic rings. The van der Waals surface area contributed by atoms with Gasteiger partial charge in [-0.05, 0) is 37.0 Å². The lowest BCUT2D eigenvalue weighted by Crippen LogP contribution is -2.12. The second-order valence-electron chi connectivity index (χ2n) is 4.45. The Labute approximate surface area is 102 Å². The third kappa shape index (κ3) is 1.99. The van der Waals surface area contributed by atoms with E-state index >= 15 is 0 Å². The topological polar surface area (TPSA) is 64.9 Å². The van der Waals surface area contributed by atoms with E-state index in [0.717, 1.165) is 25.0 Å². The number of hydrogen-bond donors (Lipinski definition) is 1. The highest BCUT2D eigenvalue weighted by Crippen LogP contribution is 2.39. The molecule has 4 nitrogen and oxygen atoms in total. The molecule has 1 aromatic heterocycles. The predicted octanol–water partition coefficient (Wildman–Crippen LogP) is 2.42. The Hall–Kier alpha value is -1.82. The third-order valence-electron chi connectivity index (χ3n) is 3.03. The fourth-order valence-electron chi connectivity index (χ4n) is 1.78. The summed E-state index contributed by atoms with van der Waals surface area (Å²) in [6.45, 7) is 0. The maximum atomic E-state index is 13.1. The molecule has 1 aliphatic rings. The first-order valence-electron chi connectivity index (χ1n) is 5.70. The van der Waals surface area contributed by atoms with Gasteiger partial charge in [-0.15, -0.1) is 0 Å². The van der Waals surface area contributed by atoms with Crippen molar-refractivity contribution in [1.29, 1.82) is 0 Å². The molecule has 18 heavy (non-hydrogen) atoms. The molecule has 1 aromatic carbocycles. The van der Waals surface area contributed by atoms with Gasteiger partial charge in [0.25, 0.3) is 0 Å². The smallest absolute Gasteiger partial charge is 0.244 e. The molecule has 1 heterocycles. The lowest BCUT2D eigenvalue weighted by Gasteiger charge is -2.01. The van der Waals surface area contributed by atoms with Crippen LogP contribution >= 0.6 is 0 Å². The summed E-state index contributed by atoms with van der Waals surface area (Å²) in [5.41, 5.74) is 6.28. The molecule has 2 N–H and O–H groups in total. The van der Waals surface area contributed by atoms with Gasteiger partial charge in [0, 0.05) is 5.56 Å². The van der Waals surface area contributed by atoms with Gasteiger partial charge in [-0.25, -0.2) is 8.78 Å². The molecule has 1 atom stereocenters. The summed E-state index contributed by atoms with van der Waals surface area (Å²) in [7, 11) is 0. The van der Waals surface area contributed by atoms with Crippen molar-refractivity contribution in [3.05, 3.63) is 35.7 Å². The van der Waals surface area contributed by atoms with Crippen molar-refractivity contribution < 1.29 is 13.3 Å². The molecule has 0 saturated heterocycles. The minimum Gasteiger partial charge on any atom is -0.337 e. The summed E-state index contributed by atoms with van der Waals surface area (Å²) in [5.74, 6) is -0.886. The van der Waals surface area contributed by atoms with E-state index in [9.17, 15) is 8.78 Å². The summed E-state index contributed by atoms with van der Waals surface area (Å²) in [6, 6.07) is 3.20. The quantitative estimate of drug-likeness (QED) is 0.909. The van der Waals surface area contributed by atoms with Gasteiger partial charge in [0.05, 0.1) is 6.04 Å². The van der Waals surface area contributed by atoms with Crippen LogP contribution in [0.1, 0.15) is 24.8 Å². The number of halogens is 2. The lowest BCUT2D eigenvalue weighted by molar-refractivity contribution is 0.343. The van der Waals surface area contributed by atoms with E-state index in [0.29, 0.717) is 17.4 Å². The average Bonchev–Trinajstić information content (AvgIpc) is 3.09. The van der Waals surface area contributed by atoms with Gasteiger partial charge in [-0.3, -0.25) is 0 Å². The van der Waals surface area contributed by atoms with E-state index in [2.05, 4.69) is 10.1 Å². The predicted molar refractivity (Wildman–Crippen MR) is 59.3 cm³/mol. The summed E-state index contributed by atoms with van der Waals surface area (Å²) in [5, 5.41) is 3.73. The zero-order valence-corrected chi connectivity index (χ0v) is 9.44. The first kappa shape index (κ1) is 11.3. The second kappa shape index (κ2) is 4.13. The number of nitrogens with zero attached hydrogens (tertiary/aromatic N) is 2. The molecule has 0 amide bonds. The molecule has 1 unspecified atom stereocenters. The van der Waals surface area contributed by atoms with Gasteiger partial charge in [0.2, 0.25) is 11.7 Å². The zero-order valence-electron chi connectivity index (χ0n) is 9.44. The first-order valence-corrected chi connectivity index (χ1v) is 5.70. The summed E-state index contributed by atoms with van der Waals surface area (Å²) >= 11 is 0.